The van der Waals surface area contributed by atoms with Crippen LogP contribution >= 0.6 is 0 Å². The van der Waals surface area contributed by atoms with E-state index in [2.05, 4.69) is 15.4 Å². The molecule has 3 rings (SSSR count). The first-order chi connectivity index (χ1) is 9.13. The molecule has 1 aliphatic rings. The topological polar surface area (TPSA) is 59.3 Å². The van der Waals surface area contributed by atoms with E-state index < -0.39 is 0 Å². The van der Waals surface area contributed by atoms with E-state index in [0.717, 1.165) is 22.6 Å². The molecule has 0 fully saturated rings. The second-order valence-electron chi connectivity index (χ2n) is 4.63. The summed E-state index contributed by atoms with van der Waals surface area (Å²) < 4.78 is 1.66. The van der Waals surface area contributed by atoms with Gasteiger partial charge in [-0.2, -0.15) is 5.10 Å². The molecule has 2 aromatic rings. The molecule has 1 aliphatic heterocycles. The summed E-state index contributed by atoms with van der Waals surface area (Å²) in [4.78, 5) is 16.4. The van der Waals surface area contributed by atoms with Gasteiger partial charge < -0.3 is 0 Å². The fourth-order valence-corrected chi connectivity index (χ4v) is 2.20. The SMILES string of the molecule is Cc1cc(C)n(C2=Nc3ccccc3CC(=O)N2)n1. The molecule has 1 N–H and O–H groups in total. The summed E-state index contributed by atoms with van der Waals surface area (Å²) in [7, 11) is 0. The van der Waals surface area contributed by atoms with Crippen LogP contribution in [0.2, 0.25) is 0 Å². The van der Waals surface area contributed by atoms with Gasteiger partial charge in [0.25, 0.3) is 0 Å². The summed E-state index contributed by atoms with van der Waals surface area (Å²) in [6, 6.07) is 9.60. The van der Waals surface area contributed by atoms with E-state index in [-0.39, 0.29) is 5.91 Å². The van der Waals surface area contributed by atoms with Crippen LogP contribution in [0, 0.1) is 13.8 Å². The molecule has 1 aromatic carbocycles. The summed E-state index contributed by atoms with van der Waals surface area (Å²) in [5, 5.41) is 7.16. The Kier molecular flexibility index (Phi) is 2.67. The molecule has 1 aromatic heterocycles. The Bertz CT molecular complexity index is 685. The first-order valence-corrected chi connectivity index (χ1v) is 6.13. The molecule has 5 nitrogen and oxygen atoms in total. The van der Waals surface area contributed by atoms with Gasteiger partial charge in [-0.15, -0.1) is 0 Å². The molecule has 2 heterocycles. The van der Waals surface area contributed by atoms with Crippen molar-refractivity contribution in [2.75, 3.05) is 0 Å². The fourth-order valence-electron chi connectivity index (χ4n) is 2.20. The highest BCUT2D eigenvalue weighted by Crippen LogP contribution is 2.21. The van der Waals surface area contributed by atoms with Gasteiger partial charge in [0.1, 0.15) is 0 Å². The minimum atomic E-state index is -0.0729. The van der Waals surface area contributed by atoms with Gasteiger partial charge in [0.05, 0.1) is 17.8 Å². The lowest BCUT2D eigenvalue weighted by Crippen LogP contribution is -2.36. The number of carbonyl (C=O) groups excluding carboxylic acids is 1. The summed E-state index contributed by atoms with van der Waals surface area (Å²) in [6.45, 7) is 3.85. The number of para-hydroxylation sites is 1. The van der Waals surface area contributed by atoms with Gasteiger partial charge in [-0.3, -0.25) is 10.1 Å². The van der Waals surface area contributed by atoms with Crippen molar-refractivity contribution in [3.8, 4) is 0 Å². The van der Waals surface area contributed by atoms with E-state index in [9.17, 15) is 4.79 Å². The minimum Gasteiger partial charge on any atom is -0.294 e. The van der Waals surface area contributed by atoms with Gasteiger partial charge in [-0.25, -0.2) is 9.67 Å². The van der Waals surface area contributed by atoms with E-state index >= 15 is 0 Å². The number of fused-ring (bicyclic) bond motifs is 1. The van der Waals surface area contributed by atoms with Crippen LogP contribution in [0.3, 0.4) is 0 Å². The predicted molar refractivity (Wildman–Crippen MR) is 72.5 cm³/mol. The first kappa shape index (κ1) is 11.6. The lowest BCUT2D eigenvalue weighted by molar-refractivity contribution is -0.119. The van der Waals surface area contributed by atoms with Gasteiger partial charge in [-0.1, -0.05) is 18.2 Å². The van der Waals surface area contributed by atoms with Gasteiger partial charge >= 0.3 is 0 Å². The molecule has 0 atom stereocenters. The van der Waals surface area contributed by atoms with E-state index in [1.54, 1.807) is 4.68 Å². The second kappa shape index (κ2) is 4.35. The molecule has 96 valence electrons. The summed E-state index contributed by atoms with van der Waals surface area (Å²) in [6.07, 6.45) is 0.336. The van der Waals surface area contributed by atoms with Crippen molar-refractivity contribution in [3.05, 3.63) is 47.3 Å². The Labute approximate surface area is 111 Å². The van der Waals surface area contributed by atoms with Crippen molar-refractivity contribution in [2.24, 2.45) is 4.99 Å². The van der Waals surface area contributed by atoms with Crippen LogP contribution in [0.5, 0.6) is 0 Å². The second-order valence-corrected chi connectivity index (χ2v) is 4.63. The molecule has 0 radical (unpaired) electrons. The Morgan fingerprint density at radius 1 is 1.26 bits per heavy atom. The van der Waals surface area contributed by atoms with Gasteiger partial charge in [-0.05, 0) is 31.5 Å². The smallest absolute Gasteiger partial charge is 0.231 e. The third kappa shape index (κ3) is 2.14. The molecule has 19 heavy (non-hydrogen) atoms. The third-order valence-electron chi connectivity index (χ3n) is 3.03. The molecule has 0 saturated heterocycles. The maximum absolute atomic E-state index is 11.9. The summed E-state index contributed by atoms with van der Waals surface area (Å²) >= 11 is 0. The number of amides is 1. The number of aliphatic imine (C=N–C) groups is 1. The number of aromatic nitrogens is 2. The quantitative estimate of drug-likeness (QED) is 0.778. The van der Waals surface area contributed by atoms with Crippen LogP contribution < -0.4 is 5.32 Å². The van der Waals surface area contributed by atoms with Gasteiger partial charge in [0.15, 0.2) is 0 Å². The maximum Gasteiger partial charge on any atom is 0.231 e. The van der Waals surface area contributed by atoms with Gasteiger partial charge in [0.2, 0.25) is 11.9 Å². The minimum absolute atomic E-state index is 0.0729. The van der Waals surface area contributed by atoms with Crippen molar-refractivity contribution >= 4 is 17.6 Å². The van der Waals surface area contributed by atoms with Crippen molar-refractivity contribution < 1.29 is 4.79 Å². The normalized spacial score (nSPS) is 14.4. The van der Waals surface area contributed by atoms with Crippen LogP contribution in [-0.4, -0.2) is 21.6 Å². The van der Waals surface area contributed by atoms with E-state index in [1.165, 1.54) is 0 Å². The molecular weight excluding hydrogens is 240 g/mol. The van der Waals surface area contributed by atoms with Crippen LogP contribution in [0.15, 0.2) is 35.3 Å². The predicted octanol–water partition coefficient (Wildman–Crippen LogP) is 1.71. The standard InChI is InChI=1S/C14H14N4O/c1-9-7-10(2)18(17-9)14-15-12-6-4-3-5-11(12)8-13(19)16-14/h3-7H,8H2,1-2H3,(H,15,16,19). The van der Waals surface area contributed by atoms with Crippen LogP contribution in [0.1, 0.15) is 17.0 Å². The number of nitrogens with one attached hydrogen (secondary N) is 1. The van der Waals surface area contributed by atoms with Gasteiger partial charge in [0, 0.05) is 5.69 Å². The van der Waals surface area contributed by atoms with Crippen LogP contribution in [-0.2, 0) is 11.2 Å². The number of aryl methyl sites for hydroxylation is 2. The summed E-state index contributed by atoms with van der Waals surface area (Å²) in [5.74, 6) is 0.386. The molecule has 1 amide bonds. The van der Waals surface area contributed by atoms with Crippen LogP contribution in [0.25, 0.3) is 0 Å². The number of rotatable bonds is 0. The zero-order valence-corrected chi connectivity index (χ0v) is 10.8. The van der Waals surface area contributed by atoms with E-state index in [4.69, 9.17) is 0 Å². The average Bonchev–Trinajstić information content (AvgIpc) is 2.60. The highest BCUT2D eigenvalue weighted by Gasteiger charge is 2.18. The summed E-state index contributed by atoms with van der Waals surface area (Å²) in [5.41, 5.74) is 3.57. The Morgan fingerprint density at radius 2 is 2.05 bits per heavy atom. The number of nitrogens with zero attached hydrogens (tertiary/aromatic N) is 3. The maximum atomic E-state index is 11.9. The lowest BCUT2D eigenvalue weighted by Gasteiger charge is -2.07. The average molecular weight is 254 g/mol. The molecular formula is C14H14N4O. The molecule has 5 heteroatoms. The van der Waals surface area contributed by atoms with Crippen molar-refractivity contribution in [1.82, 2.24) is 15.1 Å². The zero-order valence-electron chi connectivity index (χ0n) is 10.8. The first-order valence-electron chi connectivity index (χ1n) is 6.13. The molecule has 0 unspecified atom stereocenters. The van der Waals surface area contributed by atoms with Crippen LogP contribution in [0.4, 0.5) is 5.69 Å². The number of carbonyl (C=O) groups is 1. The Hall–Kier alpha value is -2.43. The molecule has 0 aliphatic carbocycles. The highest BCUT2D eigenvalue weighted by atomic mass is 16.1. The number of hydrogen-bond donors (Lipinski definition) is 1. The fraction of sp³-hybridized carbons (Fsp3) is 0.214. The van der Waals surface area contributed by atoms with E-state index in [0.29, 0.717) is 12.4 Å². The van der Waals surface area contributed by atoms with E-state index in [1.807, 2.05) is 44.2 Å². The molecule has 0 spiro atoms. The van der Waals surface area contributed by atoms with Crippen molar-refractivity contribution in [1.29, 1.82) is 0 Å². The zero-order chi connectivity index (χ0) is 13.4. The number of hydrogen-bond acceptors (Lipinski definition) is 3. The molecule has 0 saturated carbocycles. The Balaban J connectivity index is 2.13. The largest absolute Gasteiger partial charge is 0.294 e. The Morgan fingerprint density at radius 3 is 2.79 bits per heavy atom. The number of benzene rings is 1. The van der Waals surface area contributed by atoms with Crippen molar-refractivity contribution in [2.45, 2.75) is 20.3 Å². The monoisotopic (exact) mass is 254 g/mol. The lowest BCUT2D eigenvalue weighted by atomic mass is 10.1. The van der Waals surface area contributed by atoms with Crippen molar-refractivity contribution in [3.63, 3.8) is 0 Å². The molecule has 0 bridgehead atoms. The third-order valence-corrected chi connectivity index (χ3v) is 3.03. The highest BCUT2D eigenvalue weighted by molar-refractivity contribution is 6.01.